The van der Waals surface area contributed by atoms with Crippen molar-refractivity contribution >= 4 is 5.91 Å². The minimum absolute atomic E-state index is 0.0767. The van der Waals surface area contributed by atoms with Gasteiger partial charge < -0.3 is 14.5 Å². The molecule has 2 aromatic rings. The standard InChI is InChI=1S/C26H37NO3/c1-19(2)23(24-11-8-15-29-24)17-25(28)27-14-12-22(20-9-6-5-7-10-20)21-13-16-30-26(3,4)18-21/h5-11,15,19,21-23H,12-14,16-18H2,1-4H3,(H,27,28)/t21-,22+,23-/m1/s1. The predicted octanol–water partition coefficient (Wildman–Crippen LogP) is 5.90. The second-order valence-electron chi connectivity index (χ2n) is 9.59. The molecule has 1 aromatic heterocycles. The van der Waals surface area contributed by atoms with Crippen molar-refractivity contribution in [3.8, 4) is 0 Å². The third-order valence-corrected chi connectivity index (χ3v) is 6.43. The van der Waals surface area contributed by atoms with E-state index < -0.39 is 0 Å². The third-order valence-electron chi connectivity index (χ3n) is 6.43. The summed E-state index contributed by atoms with van der Waals surface area (Å²) in [6.45, 7) is 10.1. The molecular weight excluding hydrogens is 374 g/mol. The minimum Gasteiger partial charge on any atom is -0.469 e. The summed E-state index contributed by atoms with van der Waals surface area (Å²) in [4.78, 5) is 12.7. The molecule has 1 amide bonds. The second-order valence-corrected chi connectivity index (χ2v) is 9.59. The van der Waals surface area contributed by atoms with Gasteiger partial charge in [0.05, 0.1) is 11.9 Å². The largest absolute Gasteiger partial charge is 0.469 e. The molecule has 1 saturated heterocycles. The molecule has 2 heterocycles. The van der Waals surface area contributed by atoms with Crippen LogP contribution in [0.1, 0.15) is 76.5 Å². The van der Waals surface area contributed by atoms with E-state index >= 15 is 0 Å². The zero-order valence-electron chi connectivity index (χ0n) is 18.9. The highest BCUT2D eigenvalue weighted by Crippen LogP contribution is 2.39. The van der Waals surface area contributed by atoms with Gasteiger partial charge in [-0.15, -0.1) is 0 Å². The average Bonchev–Trinajstić information content (AvgIpc) is 3.23. The fourth-order valence-electron chi connectivity index (χ4n) is 4.80. The topological polar surface area (TPSA) is 51.5 Å². The fraction of sp³-hybridized carbons (Fsp3) is 0.577. The first-order valence-electron chi connectivity index (χ1n) is 11.3. The van der Waals surface area contributed by atoms with Crippen LogP contribution < -0.4 is 5.32 Å². The third kappa shape index (κ3) is 6.21. The Morgan fingerprint density at radius 1 is 1.17 bits per heavy atom. The van der Waals surface area contributed by atoms with Crippen LogP contribution in [-0.2, 0) is 9.53 Å². The van der Waals surface area contributed by atoms with Gasteiger partial charge in [0.25, 0.3) is 0 Å². The highest BCUT2D eigenvalue weighted by Gasteiger charge is 2.34. The summed E-state index contributed by atoms with van der Waals surface area (Å²) >= 11 is 0. The summed E-state index contributed by atoms with van der Waals surface area (Å²) in [5, 5.41) is 3.18. The van der Waals surface area contributed by atoms with Gasteiger partial charge in [-0.25, -0.2) is 0 Å². The summed E-state index contributed by atoms with van der Waals surface area (Å²) in [6.07, 6.45) is 5.22. The van der Waals surface area contributed by atoms with Crippen LogP contribution >= 0.6 is 0 Å². The minimum atomic E-state index is -0.0767. The van der Waals surface area contributed by atoms with Crippen molar-refractivity contribution in [2.24, 2.45) is 11.8 Å². The van der Waals surface area contributed by atoms with Crippen molar-refractivity contribution in [3.05, 3.63) is 60.1 Å². The summed E-state index contributed by atoms with van der Waals surface area (Å²) in [5.41, 5.74) is 1.29. The molecule has 0 spiro atoms. The number of ether oxygens (including phenoxy) is 1. The van der Waals surface area contributed by atoms with E-state index in [4.69, 9.17) is 9.15 Å². The first-order chi connectivity index (χ1) is 14.4. The van der Waals surface area contributed by atoms with Crippen molar-refractivity contribution in [1.29, 1.82) is 0 Å². The number of hydrogen-bond acceptors (Lipinski definition) is 3. The Morgan fingerprint density at radius 3 is 2.57 bits per heavy atom. The van der Waals surface area contributed by atoms with Crippen LogP contribution in [0.5, 0.6) is 0 Å². The molecule has 0 unspecified atom stereocenters. The summed E-state index contributed by atoms with van der Waals surface area (Å²) in [5.74, 6) is 2.46. The first kappa shape index (κ1) is 22.6. The smallest absolute Gasteiger partial charge is 0.220 e. The summed E-state index contributed by atoms with van der Waals surface area (Å²) in [6, 6.07) is 14.6. The molecule has 1 aliphatic rings. The predicted molar refractivity (Wildman–Crippen MR) is 120 cm³/mol. The van der Waals surface area contributed by atoms with Gasteiger partial charge >= 0.3 is 0 Å². The number of furan rings is 1. The van der Waals surface area contributed by atoms with Crippen LogP contribution in [0.4, 0.5) is 0 Å². The van der Waals surface area contributed by atoms with Crippen LogP contribution in [-0.4, -0.2) is 24.7 Å². The van der Waals surface area contributed by atoms with Gasteiger partial charge in [-0.2, -0.15) is 0 Å². The lowest BCUT2D eigenvalue weighted by Gasteiger charge is -2.39. The summed E-state index contributed by atoms with van der Waals surface area (Å²) < 4.78 is 11.5. The molecule has 1 aromatic carbocycles. The monoisotopic (exact) mass is 411 g/mol. The van der Waals surface area contributed by atoms with Gasteiger partial charge in [-0.05, 0) is 68.6 Å². The van der Waals surface area contributed by atoms with Crippen molar-refractivity contribution in [1.82, 2.24) is 5.32 Å². The number of carbonyl (C=O) groups excluding carboxylic acids is 1. The Balaban J connectivity index is 1.59. The first-order valence-corrected chi connectivity index (χ1v) is 11.3. The second kappa shape index (κ2) is 10.3. The summed E-state index contributed by atoms with van der Waals surface area (Å²) in [7, 11) is 0. The van der Waals surface area contributed by atoms with Gasteiger partial charge in [0, 0.05) is 25.5 Å². The van der Waals surface area contributed by atoms with Gasteiger partial charge in [0.1, 0.15) is 5.76 Å². The molecule has 164 valence electrons. The molecule has 0 saturated carbocycles. The quantitative estimate of drug-likeness (QED) is 0.558. The molecule has 4 heteroatoms. The maximum Gasteiger partial charge on any atom is 0.220 e. The lowest BCUT2D eigenvalue weighted by atomic mass is 9.75. The van der Waals surface area contributed by atoms with E-state index in [0.29, 0.717) is 30.7 Å². The van der Waals surface area contributed by atoms with E-state index in [0.717, 1.165) is 31.6 Å². The van der Waals surface area contributed by atoms with Crippen LogP contribution in [0.2, 0.25) is 0 Å². The normalized spacial score (nSPS) is 20.6. The van der Waals surface area contributed by atoms with Crippen LogP contribution in [0.25, 0.3) is 0 Å². The fourth-order valence-corrected chi connectivity index (χ4v) is 4.80. The van der Waals surface area contributed by atoms with Crippen LogP contribution in [0.15, 0.2) is 53.1 Å². The van der Waals surface area contributed by atoms with Crippen LogP contribution in [0, 0.1) is 11.8 Å². The number of nitrogens with one attached hydrogen (secondary N) is 1. The highest BCUT2D eigenvalue weighted by molar-refractivity contribution is 5.76. The van der Waals surface area contributed by atoms with E-state index in [1.165, 1.54) is 5.56 Å². The van der Waals surface area contributed by atoms with E-state index in [-0.39, 0.29) is 17.4 Å². The lowest BCUT2D eigenvalue weighted by molar-refractivity contribution is -0.121. The molecule has 1 aliphatic heterocycles. The maximum absolute atomic E-state index is 12.7. The van der Waals surface area contributed by atoms with E-state index in [1.54, 1.807) is 6.26 Å². The Kier molecular flexibility index (Phi) is 7.76. The van der Waals surface area contributed by atoms with E-state index in [9.17, 15) is 4.79 Å². The number of benzene rings is 1. The molecule has 0 bridgehead atoms. The highest BCUT2D eigenvalue weighted by atomic mass is 16.5. The van der Waals surface area contributed by atoms with Crippen LogP contribution in [0.3, 0.4) is 0 Å². The number of amides is 1. The van der Waals surface area contributed by atoms with Gasteiger partial charge in [-0.3, -0.25) is 4.79 Å². The molecule has 4 nitrogen and oxygen atoms in total. The van der Waals surface area contributed by atoms with Crippen molar-refractivity contribution in [3.63, 3.8) is 0 Å². The molecule has 30 heavy (non-hydrogen) atoms. The molecule has 1 N–H and O–H groups in total. The van der Waals surface area contributed by atoms with Gasteiger partial charge in [-0.1, -0.05) is 44.2 Å². The van der Waals surface area contributed by atoms with Gasteiger partial charge in [0.15, 0.2) is 0 Å². The zero-order valence-corrected chi connectivity index (χ0v) is 18.9. The average molecular weight is 412 g/mol. The number of rotatable bonds is 9. The molecule has 3 atom stereocenters. The molecular formula is C26H37NO3. The van der Waals surface area contributed by atoms with E-state index in [2.05, 4.69) is 63.3 Å². The Hall–Kier alpha value is -2.07. The SMILES string of the molecule is CC(C)[C@@H](CC(=O)NCC[C@@H](c1ccccc1)[C@@H]1CCOC(C)(C)C1)c1ccco1. The Labute approximate surface area is 181 Å². The molecule has 3 rings (SSSR count). The van der Waals surface area contributed by atoms with Crippen molar-refractivity contribution in [2.45, 2.75) is 70.8 Å². The number of hydrogen-bond donors (Lipinski definition) is 1. The maximum atomic E-state index is 12.7. The van der Waals surface area contributed by atoms with E-state index in [1.807, 2.05) is 12.1 Å². The van der Waals surface area contributed by atoms with Crippen molar-refractivity contribution < 1.29 is 13.9 Å². The Morgan fingerprint density at radius 2 is 1.93 bits per heavy atom. The zero-order chi connectivity index (χ0) is 21.6. The number of carbonyl (C=O) groups is 1. The lowest BCUT2D eigenvalue weighted by Crippen LogP contribution is -2.37. The molecule has 0 radical (unpaired) electrons. The molecule has 1 fully saturated rings. The van der Waals surface area contributed by atoms with Crippen molar-refractivity contribution in [2.75, 3.05) is 13.2 Å². The molecule has 0 aliphatic carbocycles. The van der Waals surface area contributed by atoms with Gasteiger partial charge in [0.2, 0.25) is 5.91 Å². The Bertz CT molecular complexity index is 767.